The van der Waals surface area contributed by atoms with Crippen molar-refractivity contribution in [2.24, 2.45) is 0 Å². The summed E-state index contributed by atoms with van der Waals surface area (Å²) < 4.78 is 2.38. The molecule has 3 nitrogen and oxygen atoms in total. The molecule has 1 aliphatic heterocycles. The van der Waals surface area contributed by atoms with Crippen molar-refractivity contribution < 1.29 is 0 Å². The van der Waals surface area contributed by atoms with E-state index in [4.69, 9.17) is 0 Å². The molecule has 12 aromatic carbocycles. The zero-order valence-electron chi connectivity index (χ0n) is 41.6. The molecule has 1 aliphatic carbocycles. The molecular weight excluding hydrogens is 919 g/mol. The third-order valence-corrected chi connectivity index (χ3v) is 16.0. The van der Waals surface area contributed by atoms with Crippen LogP contribution < -0.4 is 9.80 Å². The Morgan fingerprint density at radius 1 is 0.276 bits per heavy atom. The third kappa shape index (κ3) is 6.69. The van der Waals surface area contributed by atoms with E-state index in [-0.39, 0.29) is 0 Å². The van der Waals surface area contributed by atoms with Crippen LogP contribution in [0.5, 0.6) is 0 Å². The molecule has 3 heteroatoms. The Bertz CT molecular complexity index is 4220. The van der Waals surface area contributed by atoms with E-state index in [1.807, 2.05) is 0 Å². The smallest absolute Gasteiger partial charge is 0.0755 e. The molecule has 15 rings (SSSR count). The monoisotopic (exact) mass is 967 g/mol. The summed E-state index contributed by atoms with van der Waals surface area (Å²) in [5, 5.41) is 2.53. The van der Waals surface area contributed by atoms with Crippen LogP contribution in [-0.2, 0) is 5.41 Å². The van der Waals surface area contributed by atoms with Gasteiger partial charge in [0.05, 0.1) is 33.5 Å². The number of rotatable bonds is 8. The van der Waals surface area contributed by atoms with Crippen LogP contribution in [0.4, 0.5) is 34.1 Å². The molecule has 2 aliphatic rings. The maximum absolute atomic E-state index is 2.50. The topological polar surface area (TPSA) is 11.4 Å². The van der Waals surface area contributed by atoms with Crippen molar-refractivity contribution in [2.75, 3.05) is 9.80 Å². The molecule has 356 valence electrons. The number of para-hydroxylation sites is 6. The molecule has 0 unspecified atom stereocenters. The lowest BCUT2D eigenvalue weighted by molar-refractivity contribution is 0.752. The van der Waals surface area contributed by atoms with E-state index in [0.29, 0.717) is 0 Å². The average Bonchev–Trinajstić information content (AvgIpc) is 4.21. The molecule has 0 atom stereocenters. The molecule has 76 heavy (non-hydrogen) atoms. The summed E-state index contributed by atoms with van der Waals surface area (Å²) in [6.07, 6.45) is 0. The maximum atomic E-state index is 2.50. The Kier molecular flexibility index (Phi) is 10.1. The van der Waals surface area contributed by atoms with Crippen LogP contribution in [0.15, 0.2) is 297 Å². The van der Waals surface area contributed by atoms with Gasteiger partial charge in [-0.3, -0.25) is 0 Å². The molecule has 0 fully saturated rings. The van der Waals surface area contributed by atoms with Crippen molar-refractivity contribution in [3.63, 3.8) is 0 Å². The van der Waals surface area contributed by atoms with Crippen LogP contribution in [-0.4, -0.2) is 4.57 Å². The average molecular weight is 968 g/mol. The summed E-state index contributed by atoms with van der Waals surface area (Å²) in [5.74, 6) is 0. The second kappa shape index (κ2) is 17.6. The lowest BCUT2D eigenvalue weighted by Gasteiger charge is -2.45. The van der Waals surface area contributed by atoms with E-state index >= 15 is 0 Å². The Morgan fingerprint density at radius 3 is 1.37 bits per heavy atom. The van der Waals surface area contributed by atoms with Gasteiger partial charge in [0.2, 0.25) is 0 Å². The van der Waals surface area contributed by atoms with Crippen LogP contribution in [0.3, 0.4) is 0 Å². The Hall–Kier alpha value is -9.96. The number of nitrogens with zero attached hydrogens (tertiary/aromatic N) is 3. The summed E-state index contributed by atoms with van der Waals surface area (Å²) in [5.41, 5.74) is 24.4. The summed E-state index contributed by atoms with van der Waals surface area (Å²) in [4.78, 5) is 4.93. The lowest BCUT2D eigenvalue weighted by Crippen LogP contribution is -2.36. The van der Waals surface area contributed by atoms with Crippen molar-refractivity contribution in [1.29, 1.82) is 0 Å². The molecule has 1 spiro atoms. The minimum Gasteiger partial charge on any atom is -0.310 e. The summed E-state index contributed by atoms with van der Waals surface area (Å²) >= 11 is 0. The van der Waals surface area contributed by atoms with Crippen molar-refractivity contribution >= 4 is 55.9 Å². The first-order valence-corrected chi connectivity index (χ1v) is 26.3. The normalized spacial score (nSPS) is 12.8. The van der Waals surface area contributed by atoms with Gasteiger partial charge in [-0.2, -0.15) is 0 Å². The fraction of sp³-hybridized carbons (Fsp3) is 0.0137. The molecule has 0 saturated heterocycles. The summed E-state index contributed by atoms with van der Waals surface area (Å²) in [6, 6.07) is 109. The molecule has 0 amide bonds. The first kappa shape index (κ1) is 43.6. The molecule has 0 bridgehead atoms. The van der Waals surface area contributed by atoms with Crippen LogP contribution in [0.1, 0.15) is 22.3 Å². The maximum Gasteiger partial charge on any atom is 0.0755 e. The van der Waals surface area contributed by atoms with Crippen LogP contribution in [0, 0.1) is 0 Å². The first-order valence-electron chi connectivity index (χ1n) is 26.3. The predicted molar refractivity (Wildman–Crippen MR) is 317 cm³/mol. The molecule has 1 aromatic heterocycles. The van der Waals surface area contributed by atoms with E-state index in [9.17, 15) is 0 Å². The number of hydrogen-bond acceptors (Lipinski definition) is 2. The van der Waals surface area contributed by atoms with E-state index in [1.54, 1.807) is 0 Å². The fourth-order valence-electron chi connectivity index (χ4n) is 12.7. The van der Waals surface area contributed by atoms with E-state index < -0.39 is 5.41 Å². The van der Waals surface area contributed by atoms with Gasteiger partial charge in [0.25, 0.3) is 0 Å². The summed E-state index contributed by atoms with van der Waals surface area (Å²) in [7, 11) is 0. The van der Waals surface area contributed by atoms with Gasteiger partial charge < -0.3 is 14.4 Å². The van der Waals surface area contributed by atoms with Crippen molar-refractivity contribution in [2.45, 2.75) is 5.41 Å². The molecular formula is C73H49N3. The zero-order chi connectivity index (χ0) is 50.2. The van der Waals surface area contributed by atoms with Crippen molar-refractivity contribution in [1.82, 2.24) is 4.57 Å². The standard InChI is InChI=1S/C73H49N3/c1-3-19-50(20-4-1)51-35-37-54(38-36-51)59-23-8-14-30-68(59)74(56-43-39-52(40-44-56)53-41-45-57(46-42-53)75-69-31-15-9-25-62(69)63-26-10-16-32-70(63)75)58-47-48-61-60-24-7-11-27-64(60)73(67(61)49-58)65-28-12-17-33-71(65)76(55-21-5-2-6-22-55)72-34-18-13-29-66(72)73/h1-49H. The van der Waals surface area contributed by atoms with Crippen LogP contribution in [0.25, 0.3) is 72.0 Å². The van der Waals surface area contributed by atoms with E-state index in [2.05, 4.69) is 312 Å². The van der Waals surface area contributed by atoms with Gasteiger partial charge in [-0.15, -0.1) is 0 Å². The van der Waals surface area contributed by atoms with Gasteiger partial charge in [0, 0.05) is 39.1 Å². The first-order chi connectivity index (χ1) is 37.7. The van der Waals surface area contributed by atoms with Gasteiger partial charge in [0.15, 0.2) is 0 Å². The fourth-order valence-corrected chi connectivity index (χ4v) is 12.7. The van der Waals surface area contributed by atoms with Gasteiger partial charge in [-0.1, -0.05) is 218 Å². The van der Waals surface area contributed by atoms with Crippen molar-refractivity contribution in [3.05, 3.63) is 320 Å². The number of anilines is 6. The number of aromatic nitrogens is 1. The van der Waals surface area contributed by atoms with Crippen molar-refractivity contribution in [3.8, 4) is 50.2 Å². The number of benzene rings is 12. The second-order valence-corrected chi connectivity index (χ2v) is 20.0. The highest BCUT2D eigenvalue weighted by atomic mass is 15.2. The van der Waals surface area contributed by atoms with Crippen LogP contribution >= 0.6 is 0 Å². The number of fused-ring (bicyclic) bond motifs is 12. The highest BCUT2D eigenvalue weighted by Crippen LogP contribution is 2.64. The largest absolute Gasteiger partial charge is 0.310 e. The third-order valence-electron chi connectivity index (χ3n) is 16.0. The minimum absolute atomic E-state index is 0.603. The van der Waals surface area contributed by atoms with Gasteiger partial charge in [-0.25, -0.2) is 0 Å². The highest BCUT2D eigenvalue weighted by Gasteiger charge is 2.52. The molecule has 2 heterocycles. The summed E-state index contributed by atoms with van der Waals surface area (Å²) in [6.45, 7) is 0. The zero-order valence-corrected chi connectivity index (χ0v) is 41.6. The molecule has 13 aromatic rings. The molecule has 0 radical (unpaired) electrons. The minimum atomic E-state index is -0.603. The van der Waals surface area contributed by atoms with E-state index in [1.165, 1.54) is 77.7 Å². The SMILES string of the molecule is c1ccc(-c2ccc(-c3ccccc3N(c3ccc(-c4ccc(-n5c6ccccc6c6ccccc65)cc4)cc3)c3ccc4c(c3)C3(c5ccccc5-4)c4ccccc4N(c4ccccc4)c4ccccc43)cc2)cc1. The highest BCUT2D eigenvalue weighted by molar-refractivity contribution is 6.09. The molecule has 0 saturated carbocycles. The van der Waals surface area contributed by atoms with Gasteiger partial charge in [0.1, 0.15) is 0 Å². The lowest BCUT2D eigenvalue weighted by atomic mass is 9.64. The molecule has 0 N–H and O–H groups in total. The quantitative estimate of drug-likeness (QED) is 0.150. The Morgan fingerprint density at radius 2 is 0.724 bits per heavy atom. The Balaban J connectivity index is 0.899. The van der Waals surface area contributed by atoms with E-state index in [0.717, 1.165) is 50.7 Å². The van der Waals surface area contributed by atoms with Crippen LogP contribution in [0.2, 0.25) is 0 Å². The Labute approximate surface area is 443 Å². The van der Waals surface area contributed by atoms with Gasteiger partial charge >= 0.3 is 0 Å². The number of hydrogen-bond donors (Lipinski definition) is 0. The van der Waals surface area contributed by atoms with Gasteiger partial charge in [-0.05, 0) is 140 Å². The predicted octanol–water partition coefficient (Wildman–Crippen LogP) is 19.4. The second-order valence-electron chi connectivity index (χ2n) is 20.0.